The summed E-state index contributed by atoms with van der Waals surface area (Å²) in [5.41, 5.74) is 5.93. The minimum atomic E-state index is -3.14. The summed E-state index contributed by atoms with van der Waals surface area (Å²) in [6.45, 7) is 73.0. The van der Waals surface area contributed by atoms with Gasteiger partial charge in [-0.25, -0.2) is 38.3 Å². The van der Waals surface area contributed by atoms with Crippen LogP contribution in [0, 0.1) is 5.92 Å². The van der Waals surface area contributed by atoms with Gasteiger partial charge in [0.2, 0.25) is 57.5 Å². The molecule has 2 amide bonds. The largest absolute Gasteiger partial charge is 0.395 e. The van der Waals surface area contributed by atoms with Gasteiger partial charge in [0.25, 0.3) is 0 Å². The Hall–Kier alpha value is -9.47. The molecular formula is C102H170N30O11S. The lowest BCUT2D eigenvalue weighted by molar-refractivity contribution is -0.133. The van der Waals surface area contributed by atoms with Crippen molar-refractivity contribution in [1.29, 1.82) is 0 Å². The third kappa shape index (κ3) is 32.8. The van der Waals surface area contributed by atoms with E-state index in [0.717, 1.165) is 290 Å². The van der Waals surface area contributed by atoms with E-state index in [0.29, 0.717) is 106 Å². The van der Waals surface area contributed by atoms with Gasteiger partial charge in [-0.2, -0.15) is 34.2 Å². The lowest BCUT2D eigenvalue weighted by atomic mass is 9.92. The molecule has 12 aliphatic rings. The molecule has 0 atom stereocenters. The number of carbonyl (C=O) groups is 2. The molecule has 800 valence electrons. The lowest BCUT2D eigenvalue weighted by Gasteiger charge is -2.37. The number of aliphatic hydroxyl groups excluding tert-OH is 1. The molecular weight excluding hydrogens is 1850 g/mol. The Morgan fingerprint density at radius 3 is 0.938 bits per heavy atom. The van der Waals surface area contributed by atoms with Crippen LogP contribution in [0.2, 0.25) is 0 Å². The number of aliphatic hydroxyl groups is 1. The van der Waals surface area contributed by atoms with Gasteiger partial charge in [0, 0.05) is 259 Å². The molecule has 8 N–H and O–H groups in total. The molecule has 0 unspecified atom stereocenters. The smallest absolute Gasteiger partial charge is 0.227 e. The Balaban J connectivity index is 0.000000145. The van der Waals surface area contributed by atoms with Gasteiger partial charge in [-0.05, 0) is 26.7 Å². The predicted octanol–water partition coefficient (Wildman–Crippen LogP) is 7.62. The molecule has 0 bridgehead atoms. The second kappa shape index (κ2) is 49.1. The number of piperazine rings is 5. The number of likely N-dealkylation sites (N-methyl/N-ethyl adjacent to an activating group) is 1. The second-order valence-electron chi connectivity index (χ2n) is 46.3. The van der Waals surface area contributed by atoms with Crippen molar-refractivity contribution in [2.24, 2.45) is 5.92 Å². The zero-order chi connectivity index (χ0) is 104. The van der Waals surface area contributed by atoms with E-state index in [2.05, 4.69) is 243 Å². The van der Waals surface area contributed by atoms with E-state index < -0.39 is 10.0 Å². The normalized spacial score (nSPS) is 19.6. The van der Waals surface area contributed by atoms with Gasteiger partial charge in [-0.1, -0.05) is 125 Å². The highest BCUT2D eigenvalue weighted by Gasteiger charge is 2.38. The van der Waals surface area contributed by atoms with Crippen molar-refractivity contribution in [1.82, 2.24) is 89.0 Å². The number of methoxy groups -OCH3 is 1. The number of amides is 2. The van der Waals surface area contributed by atoms with Gasteiger partial charge in [-0.3, -0.25) is 19.4 Å². The summed E-state index contributed by atoms with van der Waals surface area (Å²) in [6, 6.07) is 15.0. The lowest BCUT2D eigenvalue weighted by Crippen LogP contribution is -2.52. The van der Waals surface area contributed by atoms with Crippen LogP contribution in [0.1, 0.15) is 192 Å². The van der Waals surface area contributed by atoms with Crippen molar-refractivity contribution in [2.45, 2.75) is 233 Å². The highest BCUT2D eigenvalue weighted by atomic mass is 32.2. The van der Waals surface area contributed by atoms with Crippen LogP contribution < -0.4 is 66.6 Å². The number of sulfonamides is 1. The van der Waals surface area contributed by atoms with Gasteiger partial charge < -0.3 is 110 Å². The van der Waals surface area contributed by atoms with Crippen LogP contribution in [0.5, 0.6) is 0 Å². The summed E-state index contributed by atoms with van der Waals surface area (Å²) in [7, 11) is 0.494. The van der Waals surface area contributed by atoms with E-state index in [4.69, 9.17) is 78.4 Å². The summed E-state index contributed by atoms with van der Waals surface area (Å²) in [6.07, 6.45) is 3.38. The van der Waals surface area contributed by atoms with Crippen molar-refractivity contribution < 1.29 is 51.5 Å². The number of carbonyl (C=O) groups excluding carboxylic acids is 2. The van der Waals surface area contributed by atoms with Gasteiger partial charge in [-0.15, -0.1) is 0 Å². The van der Waals surface area contributed by atoms with E-state index in [1.54, 1.807) is 14.0 Å². The van der Waals surface area contributed by atoms with Crippen LogP contribution in [0.25, 0.3) is 0 Å². The minimum Gasteiger partial charge on any atom is -0.395 e. The SMILES string of the molecule is CC(=O)N1CCN(c2nc(NC3COC3)cc(C(C)(C)C)n2)CC1.CC(C)(C)c1cc(NC2COC2)nc(N2CCN(C(=O)C3CC3)CC2)n1.CC(C)(C)c1cc(NC2COC2)nc(N2CCN(S(C)(=O)=O)CC2)n1.CC(C)N1CCN(c2nc(NC3CNC3)cc(C(C)(C)C)n2)CC1.CN(CCO)c1nc(NC2COC2)cc(C(C)(C)C)n1.COCCN1CCN(c2nc(NC3COC3)cc(C(C)(C)C)n2)CC1. The third-order valence-electron chi connectivity index (χ3n) is 27.2. The molecule has 1 aliphatic carbocycles. The van der Waals surface area contributed by atoms with Crippen molar-refractivity contribution in [3.63, 3.8) is 0 Å². The first kappa shape index (κ1) is 112. The fourth-order valence-electron chi connectivity index (χ4n) is 16.7. The Bertz CT molecular complexity index is 5210. The molecule has 0 radical (unpaired) electrons. The molecule has 0 spiro atoms. The molecule has 41 nitrogen and oxygen atoms in total. The van der Waals surface area contributed by atoms with E-state index in [9.17, 15) is 18.0 Å². The van der Waals surface area contributed by atoms with Gasteiger partial charge >= 0.3 is 0 Å². The molecule has 6 aromatic heterocycles. The first-order valence-electron chi connectivity index (χ1n) is 52.1. The van der Waals surface area contributed by atoms with Gasteiger partial charge in [0.05, 0.1) is 156 Å². The number of nitrogens with one attached hydrogen (secondary N) is 7. The molecule has 11 aliphatic heterocycles. The van der Waals surface area contributed by atoms with E-state index in [1.807, 2.05) is 39.9 Å². The molecule has 1 saturated carbocycles. The molecule has 6 aromatic rings. The average Bonchev–Trinajstić information content (AvgIpc) is 1.85. The Morgan fingerprint density at radius 1 is 0.410 bits per heavy atom. The van der Waals surface area contributed by atoms with Crippen LogP contribution in [0.4, 0.5) is 70.6 Å². The summed E-state index contributed by atoms with van der Waals surface area (Å²) in [4.78, 5) is 102. The van der Waals surface area contributed by atoms with E-state index in [1.165, 1.54) is 10.6 Å². The first-order chi connectivity index (χ1) is 68.0. The first-order valence-corrected chi connectivity index (χ1v) is 54.0. The standard InChI is InChI=1S/C19H29N5O2.C18H32N6.C18H31N5O2.C17H27N5O2.C16H27N5O3S.C14H24N4O2/c1-19(2,3)15-10-16(20-14-11-26-12-14)22-18(21-15)24-8-6-23(7-9-24)17(25)13-4-5-13;1-13(2)23-6-8-24(9-7-23)17-21-15(18(3,4)5)10-16(22-17)20-14-11-19-12-14;1-18(2,3)15-11-16(19-14-12-25-13-14)21-17(20-15)23-7-5-22(6-8-23)9-10-24-4;1-12(23)21-5-7-22(8-6-21)16-19-14(17(2,3)4)9-15(20-16)18-13-10-24-11-13;1-16(2,3)13-9-14(17-12-10-24-11-12)19-15(18-13)20-5-7-21(8-6-20)25(4,22)23;1-14(2,3)11-7-12(15-10-8-20-9-10)17-13(16-11)18(4)5-6-19/h10,13-14H,4-9,11-12H2,1-3H3,(H,20,21,22);10,13-14,19H,6-9,11-12H2,1-5H3,(H,20,21,22);11,14H,5-10,12-13H2,1-4H3,(H,19,20,21);9,13H,5-8,10-11H2,1-4H3,(H,18,19,20);9,12H,5-8,10-11H2,1-4H3,(H,17,18,19);7,10,19H,5-6,8-9H2,1-4H3,(H,15,16,17). The Labute approximate surface area is 856 Å². The Kier molecular flexibility index (Phi) is 38.1. The Morgan fingerprint density at radius 2 is 0.688 bits per heavy atom. The van der Waals surface area contributed by atoms with Crippen LogP contribution in [0.3, 0.4) is 0 Å². The topological polar surface area (TPSA) is 418 Å². The summed E-state index contributed by atoms with van der Waals surface area (Å²) in [5, 5.41) is 33.0. The van der Waals surface area contributed by atoms with Gasteiger partial charge in [0.15, 0.2) is 0 Å². The summed E-state index contributed by atoms with van der Waals surface area (Å²) >= 11 is 0. The number of rotatable bonds is 26. The minimum absolute atomic E-state index is 0.00940. The molecule has 18 rings (SSSR count). The van der Waals surface area contributed by atoms with Crippen molar-refractivity contribution >= 4 is 92.4 Å². The van der Waals surface area contributed by atoms with Gasteiger partial charge in [0.1, 0.15) is 34.9 Å². The number of hydrogen-bond donors (Lipinski definition) is 8. The quantitative estimate of drug-likeness (QED) is 0.0259. The summed E-state index contributed by atoms with van der Waals surface area (Å²) < 4.78 is 56.2. The van der Waals surface area contributed by atoms with E-state index >= 15 is 0 Å². The highest BCUT2D eigenvalue weighted by Crippen LogP contribution is 2.36. The average molecular weight is 2020 g/mol. The molecule has 0 aromatic carbocycles. The molecule has 12 fully saturated rings. The van der Waals surface area contributed by atoms with Crippen molar-refractivity contribution in [3.8, 4) is 0 Å². The fourth-order valence-corrected chi connectivity index (χ4v) is 17.5. The third-order valence-corrected chi connectivity index (χ3v) is 28.5. The number of hydrogen-bond acceptors (Lipinski definition) is 38. The number of ether oxygens (including phenoxy) is 6. The second-order valence-corrected chi connectivity index (χ2v) is 48.3. The van der Waals surface area contributed by atoms with Crippen molar-refractivity contribution in [3.05, 3.63) is 70.6 Å². The maximum atomic E-state index is 12.3. The zero-order valence-corrected chi connectivity index (χ0v) is 91.5. The van der Waals surface area contributed by atoms with E-state index in [-0.39, 0.29) is 51.0 Å². The highest BCUT2D eigenvalue weighted by molar-refractivity contribution is 7.88. The zero-order valence-electron chi connectivity index (χ0n) is 90.7. The monoisotopic (exact) mass is 2020 g/mol. The number of anilines is 12. The van der Waals surface area contributed by atoms with Crippen LogP contribution >= 0.6 is 0 Å². The number of aromatic nitrogens is 12. The molecule has 42 heteroatoms. The fraction of sp³-hybridized carbons (Fsp3) is 0.745. The van der Waals surface area contributed by atoms with Crippen molar-refractivity contribution in [2.75, 3.05) is 318 Å². The molecule has 11 saturated heterocycles. The number of nitrogens with zero attached hydrogens (tertiary/aromatic N) is 23. The van der Waals surface area contributed by atoms with Crippen LogP contribution in [-0.4, -0.2) is 408 Å². The maximum Gasteiger partial charge on any atom is 0.227 e. The van der Waals surface area contributed by atoms with Crippen LogP contribution in [-0.2, 0) is 80.5 Å². The maximum absolute atomic E-state index is 12.3. The van der Waals surface area contributed by atoms with Crippen LogP contribution in [0.15, 0.2) is 36.4 Å². The molecule has 17 heterocycles. The molecule has 144 heavy (non-hydrogen) atoms. The predicted molar refractivity (Wildman–Crippen MR) is 570 cm³/mol. The summed E-state index contributed by atoms with van der Waals surface area (Å²) in [5.74, 6) is 10.5.